The predicted molar refractivity (Wildman–Crippen MR) is 104 cm³/mol. The number of aromatic nitrogens is 3. The van der Waals surface area contributed by atoms with Gasteiger partial charge in [-0.15, -0.1) is 0 Å². The van der Waals surface area contributed by atoms with Crippen LogP contribution in [-0.2, 0) is 0 Å². The molecule has 0 saturated carbocycles. The number of pyridine rings is 1. The fourth-order valence-electron chi connectivity index (χ4n) is 1.83. The third kappa shape index (κ3) is 5.06. The van der Waals surface area contributed by atoms with E-state index in [0.717, 1.165) is 22.6 Å². The predicted octanol–water partition coefficient (Wildman–Crippen LogP) is 5.88. The molecule has 0 bridgehead atoms. The first-order chi connectivity index (χ1) is 10.6. The summed E-state index contributed by atoms with van der Waals surface area (Å²) in [6.07, 6.45) is 1.77. The van der Waals surface area contributed by atoms with Crippen molar-refractivity contribution in [3.8, 4) is 11.5 Å². The molecule has 3 nitrogen and oxygen atoms in total. The molecule has 0 fully saturated rings. The fourth-order valence-corrected chi connectivity index (χ4v) is 3.25. The molecule has 0 aliphatic rings. The quantitative estimate of drug-likeness (QED) is 0.429. The Labute approximate surface area is 147 Å². The van der Waals surface area contributed by atoms with Crippen LogP contribution >= 0.6 is 25.4 Å². The number of hydrogen-bond acceptors (Lipinski definition) is 2. The molecule has 2 heterocycles. The first-order valence-electron chi connectivity index (χ1n) is 7.29. The molecule has 3 rings (SSSR count). The molecule has 0 saturated heterocycles. The number of nitrogens with one attached hydrogen (secondary N) is 1. The van der Waals surface area contributed by atoms with Gasteiger partial charge >= 0.3 is 62.1 Å². The summed E-state index contributed by atoms with van der Waals surface area (Å²) in [5.74, 6) is 0.816. The third-order valence-electron chi connectivity index (χ3n) is 3.33. The Morgan fingerprint density at radius 2 is 1.68 bits per heavy atom. The van der Waals surface area contributed by atoms with Crippen LogP contribution in [0, 0.1) is 0 Å². The van der Waals surface area contributed by atoms with E-state index in [-0.39, 0.29) is 0 Å². The Bertz CT molecular complexity index is 674. The molecular weight excluding hydrogens is 513 g/mol. The number of imidazole rings is 1. The van der Waals surface area contributed by atoms with Gasteiger partial charge < -0.3 is 4.98 Å². The average Bonchev–Trinajstić information content (AvgIpc) is 3.00. The number of nitrogens with zero attached hydrogens (tertiary/aromatic N) is 2. The van der Waals surface area contributed by atoms with Crippen LogP contribution < -0.4 is 0 Å². The van der Waals surface area contributed by atoms with Gasteiger partial charge in [0.05, 0.1) is 11.0 Å². The first-order valence-corrected chi connectivity index (χ1v) is 24.1. The number of halogens is 2. The fraction of sp³-hybridized carbons (Fsp3) is 0.250. The van der Waals surface area contributed by atoms with Gasteiger partial charge in [-0.05, 0) is 24.3 Å². The molecule has 1 aromatic carbocycles. The van der Waals surface area contributed by atoms with Crippen molar-refractivity contribution in [1.82, 2.24) is 15.0 Å². The zero-order chi connectivity index (χ0) is 16.0. The van der Waals surface area contributed by atoms with Gasteiger partial charge in [-0.1, -0.05) is 18.2 Å². The van der Waals surface area contributed by atoms with Crippen LogP contribution in [0.1, 0.15) is 13.8 Å². The van der Waals surface area contributed by atoms with Crippen LogP contribution in [0.5, 0.6) is 0 Å². The van der Waals surface area contributed by atoms with Crippen LogP contribution in [-0.4, -0.2) is 28.9 Å². The number of rotatable bonds is 3. The molecule has 0 atom stereocenters. The van der Waals surface area contributed by atoms with Crippen molar-refractivity contribution in [2.24, 2.45) is 0 Å². The average molecular weight is 532 g/mol. The molecule has 6 heteroatoms. The normalized spacial score (nSPS) is 11.1. The Morgan fingerprint density at radius 1 is 1.00 bits per heavy atom. The molecule has 2 aromatic heterocycles. The van der Waals surface area contributed by atoms with E-state index in [9.17, 15) is 0 Å². The van der Waals surface area contributed by atoms with Crippen LogP contribution in [0.4, 0.5) is 0 Å². The standard InChI is InChI=1S/C12H9N3.2C2H5.2BrH.Sn/c1-2-6-10-9(5-1)14-12(15-10)11-7-3-4-8-13-11;2*1-2;;;/h1-8H,(H,14,15);2*1H2,2H3;2*1H;/q;;;;;+2/p-2. The summed E-state index contributed by atoms with van der Waals surface area (Å²) in [5, 5.41) is 0. The van der Waals surface area contributed by atoms with E-state index in [2.05, 4.69) is 54.2 Å². The van der Waals surface area contributed by atoms with Crippen LogP contribution in [0.2, 0.25) is 8.87 Å². The first kappa shape index (κ1) is 17.9. The second-order valence-electron chi connectivity index (χ2n) is 4.88. The van der Waals surface area contributed by atoms with Crippen LogP contribution in [0.3, 0.4) is 0 Å². The van der Waals surface area contributed by atoms with Gasteiger partial charge in [0.1, 0.15) is 5.69 Å². The molecule has 0 aliphatic heterocycles. The maximum Gasteiger partial charge on any atom is 0.157 e. The number of aromatic amines is 1. The molecule has 0 spiro atoms. The Hall–Kier alpha value is -0.401. The molecule has 0 unspecified atom stereocenters. The molecule has 0 amide bonds. The van der Waals surface area contributed by atoms with Crippen molar-refractivity contribution in [3.05, 3.63) is 48.7 Å². The summed E-state index contributed by atoms with van der Waals surface area (Å²) in [4.78, 5) is 12.0. The second-order valence-corrected chi connectivity index (χ2v) is 41.3. The smallest absolute Gasteiger partial charge is 0.157 e. The SMILES string of the molecule is C[CH2][Sn]([Br])([Br])[CH2]C.c1ccc(-c2nc3ccccc3[nH]2)nc1. The number of H-pyrrole nitrogens is 1. The van der Waals surface area contributed by atoms with Crippen molar-refractivity contribution >= 4 is 50.4 Å². The summed E-state index contributed by atoms with van der Waals surface area (Å²) in [7, 11) is 0. The summed E-state index contributed by atoms with van der Waals surface area (Å²) in [6.45, 7) is 4.48. The van der Waals surface area contributed by atoms with E-state index in [4.69, 9.17) is 0 Å². The monoisotopic (exact) mass is 531 g/mol. The van der Waals surface area contributed by atoms with Crippen LogP contribution in [0.25, 0.3) is 22.6 Å². The van der Waals surface area contributed by atoms with E-state index in [1.165, 1.54) is 8.87 Å². The zero-order valence-electron chi connectivity index (χ0n) is 12.7. The van der Waals surface area contributed by atoms with Gasteiger partial charge in [0.25, 0.3) is 0 Å². The van der Waals surface area contributed by atoms with Crippen molar-refractivity contribution < 1.29 is 0 Å². The largest absolute Gasteiger partial charge is 0.337 e. The van der Waals surface area contributed by atoms with Gasteiger partial charge in [0.2, 0.25) is 0 Å². The zero-order valence-corrected chi connectivity index (χ0v) is 18.7. The molecule has 0 radical (unpaired) electrons. The Balaban J connectivity index is 0.000000217. The van der Waals surface area contributed by atoms with Gasteiger partial charge in [-0.3, -0.25) is 4.98 Å². The minimum absolute atomic E-state index is 0.816. The molecule has 0 aliphatic carbocycles. The van der Waals surface area contributed by atoms with E-state index in [0.29, 0.717) is 0 Å². The van der Waals surface area contributed by atoms with Crippen LogP contribution in [0.15, 0.2) is 48.7 Å². The molecule has 3 aromatic rings. The maximum absolute atomic E-state index is 4.46. The van der Waals surface area contributed by atoms with E-state index < -0.39 is 13.9 Å². The number of hydrogen-bond donors (Lipinski definition) is 1. The third-order valence-corrected chi connectivity index (χ3v) is 24.3. The van der Waals surface area contributed by atoms with E-state index >= 15 is 0 Å². The van der Waals surface area contributed by atoms with Crippen molar-refractivity contribution in [2.45, 2.75) is 22.7 Å². The Morgan fingerprint density at radius 3 is 2.23 bits per heavy atom. The number of benzene rings is 1. The van der Waals surface area contributed by atoms with Crippen molar-refractivity contribution in [1.29, 1.82) is 0 Å². The van der Waals surface area contributed by atoms with Gasteiger partial charge in [0, 0.05) is 6.20 Å². The summed E-state index contributed by atoms with van der Waals surface area (Å²) < 4.78 is 2.68. The molecule has 22 heavy (non-hydrogen) atoms. The topological polar surface area (TPSA) is 41.6 Å². The molecule has 116 valence electrons. The van der Waals surface area contributed by atoms with E-state index in [1.54, 1.807) is 6.20 Å². The summed E-state index contributed by atoms with van der Waals surface area (Å²) >= 11 is 5.75. The molecule has 1 N–H and O–H groups in total. The number of fused-ring (bicyclic) bond motifs is 1. The maximum atomic E-state index is 4.46. The minimum atomic E-state index is -1.66. The van der Waals surface area contributed by atoms with Gasteiger partial charge in [0.15, 0.2) is 5.82 Å². The van der Waals surface area contributed by atoms with Crippen molar-refractivity contribution in [2.75, 3.05) is 0 Å². The summed E-state index contributed by atoms with van der Waals surface area (Å²) in [5.41, 5.74) is 2.88. The van der Waals surface area contributed by atoms with Gasteiger partial charge in [-0.25, -0.2) is 4.98 Å². The van der Waals surface area contributed by atoms with Gasteiger partial charge in [-0.2, -0.15) is 0 Å². The summed E-state index contributed by atoms with van der Waals surface area (Å²) in [6, 6.07) is 13.8. The van der Waals surface area contributed by atoms with E-state index in [1.807, 2.05) is 42.5 Å². The van der Waals surface area contributed by atoms with Crippen molar-refractivity contribution in [3.63, 3.8) is 0 Å². The second kappa shape index (κ2) is 8.45. The minimum Gasteiger partial charge on any atom is -0.337 e. The Kier molecular flexibility index (Phi) is 6.89. The number of para-hydroxylation sites is 2. The molecular formula is C16H19Br2N3Sn.